The molecule has 2 aromatic heterocycles. The van der Waals surface area contributed by atoms with E-state index < -0.39 is 12.6 Å². The Labute approximate surface area is 109 Å². The highest BCUT2D eigenvalue weighted by Gasteiger charge is 2.31. The predicted octanol–water partition coefficient (Wildman–Crippen LogP) is 3.01. The van der Waals surface area contributed by atoms with E-state index in [-0.39, 0.29) is 27.1 Å². The van der Waals surface area contributed by atoms with Crippen LogP contribution in [0.2, 0.25) is 10.3 Å². The zero-order chi connectivity index (χ0) is 13.5. The Kier molecular flexibility index (Phi) is 3.09. The minimum atomic E-state index is -4.46. The minimum Gasteiger partial charge on any atom is -0.215 e. The number of nitrogens with zero attached hydrogens (tertiary/aromatic N) is 4. The molecule has 0 saturated carbocycles. The summed E-state index contributed by atoms with van der Waals surface area (Å²) in [6.45, 7) is 0. The maximum absolute atomic E-state index is 12.3. The molecule has 2 aromatic rings. The highest BCUT2D eigenvalue weighted by Crippen LogP contribution is 2.31. The van der Waals surface area contributed by atoms with Gasteiger partial charge in [-0.3, -0.25) is 0 Å². The molecule has 0 N–H and O–H groups in total. The zero-order valence-electron chi connectivity index (χ0n) is 8.46. The fourth-order valence-corrected chi connectivity index (χ4v) is 1.96. The summed E-state index contributed by atoms with van der Waals surface area (Å²) in [5.41, 5.74) is -0.262. The van der Waals surface area contributed by atoms with Crippen molar-refractivity contribution in [2.45, 2.75) is 12.6 Å². The first-order valence-corrected chi connectivity index (χ1v) is 5.27. The molecule has 0 aliphatic carbocycles. The molecule has 0 unspecified atom stereocenters. The molecular weight excluding hydrogens is 292 g/mol. The molecule has 9 heteroatoms. The van der Waals surface area contributed by atoms with Crippen LogP contribution in [0.4, 0.5) is 13.2 Å². The summed E-state index contributed by atoms with van der Waals surface area (Å²) in [7, 11) is 0. The fraction of sp³-hybridized carbons (Fsp3) is 0.222. The first kappa shape index (κ1) is 12.9. The zero-order valence-corrected chi connectivity index (χ0v) is 9.97. The van der Waals surface area contributed by atoms with Gasteiger partial charge in [-0.2, -0.15) is 23.5 Å². The summed E-state index contributed by atoms with van der Waals surface area (Å²) in [5.74, 6) is 0. The highest BCUT2D eigenvalue weighted by atomic mass is 35.5. The number of alkyl halides is 3. The van der Waals surface area contributed by atoms with E-state index in [1.807, 2.05) is 0 Å². The first-order valence-electron chi connectivity index (χ1n) is 4.52. The molecular formula is C9H3Cl2F3N4. The summed E-state index contributed by atoms with van der Waals surface area (Å²) in [6.07, 6.45) is -4.62. The Bertz CT molecular complexity index is 656. The molecule has 0 aliphatic rings. The Hall–Kier alpha value is -1.52. The minimum absolute atomic E-state index is 0.0263. The average Bonchev–Trinajstić information content (AvgIpc) is 2.65. The van der Waals surface area contributed by atoms with Crippen molar-refractivity contribution in [1.29, 1.82) is 5.26 Å². The molecule has 0 spiro atoms. The maximum Gasteiger partial charge on any atom is 0.393 e. The van der Waals surface area contributed by atoms with E-state index in [2.05, 4.69) is 10.1 Å². The Morgan fingerprint density at radius 2 is 2.06 bits per heavy atom. The quantitative estimate of drug-likeness (QED) is 0.760. The number of rotatable bonds is 1. The second-order valence-corrected chi connectivity index (χ2v) is 4.09. The van der Waals surface area contributed by atoms with Gasteiger partial charge in [0.25, 0.3) is 0 Å². The van der Waals surface area contributed by atoms with Gasteiger partial charge in [0.2, 0.25) is 0 Å². The predicted molar refractivity (Wildman–Crippen MR) is 57.5 cm³/mol. The van der Waals surface area contributed by atoms with E-state index >= 15 is 0 Å². The molecule has 18 heavy (non-hydrogen) atoms. The lowest BCUT2D eigenvalue weighted by Gasteiger charge is -2.10. The lowest BCUT2D eigenvalue weighted by molar-refractivity contribution is -0.127. The first-order chi connectivity index (χ1) is 8.33. The second kappa shape index (κ2) is 4.30. The van der Waals surface area contributed by atoms with E-state index in [1.54, 1.807) is 6.07 Å². The molecule has 0 amide bonds. The average molecular weight is 295 g/mol. The van der Waals surface area contributed by atoms with Crippen LogP contribution in [0.5, 0.6) is 0 Å². The molecule has 2 rings (SSSR count). The lowest BCUT2D eigenvalue weighted by Crippen LogP contribution is -2.14. The maximum atomic E-state index is 12.3. The van der Waals surface area contributed by atoms with Gasteiger partial charge in [0.1, 0.15) is 21.9 Å². The van der Waals surface area contributed by atoms with Crippen LogP contribution < -0.4 is 0 Å². The number of aromatic nitrogens is 3. The number of hydrogen-bond acceptors (Lipinski definition) is 3. The third-order valence-electron chi connectivity index (χ3n) is 2.13. The van der Waals surface area contributed by atoms with Crippen LogP contribution >= 0.6 is 23.2 Å². The topological polar surface area (TPSA) is 54.0 Å². The van der Waals surface area contributed by atoms with Crippen molar-refractivity contribution in [1.82, 2.24) is 14.6 Å². The van der Waals surface area contributed by atoms with Gasteiger partial charge in [-0.05, 0) is 0 Å². The normalized spacial score (nSPS) is 11.8. The summed E-state index contributed by atoms with van der Waals surface area (Å²) < 4.78 is 38.0. The number of halogens is 5. The molecule has 0 fully saturated rings. The van der Waals surface area contributed by atoms with Crippen LogP contribution in [0.25, 0.3) is 5.65 Å². The number of nitriles is 1. The molecule has 2 heterocycles. The second-order valence-electron chi connectivity index (χ2n) is 3.37. The number of fused-ring (bicyclic) bond motifs is 1. The summed E-state index contributed by atoms with van der Waals surface area (Å²) in [4.78, 5) is 3.71. The van der Waals surface area contributed by atoms with Gasteiger partial charge in [0.15, 0.2) is 5.65 Å². The summed E-state index contributed by atoms with van der Waals surface area (Å²) in [6, 6.07) is 1.79. The van der Waals surface area contributed by atoms with Crippen LogP contribution in [0, 0.1) is 11.3 Å². The molecule has 0 saturated heterocycles. The van der Waals surface area contributed by atoms with Gasteiger partial charge in [-0.1, -0.05) is 23.2 Å². The van der Waals surface area contributed by atoms with Gasteiger partial charge in [0.05, 0.1) is 12.6 Å². The van der Waals surface area contributed by atoms with Crippen LogP contribution in [-0.2, 0) is 6.42 Å². The van der Waals surface area contributed by atoms with E-state index in [0.717, 1.165) is 10.7 Å². The fourth-order valence-electron chi connectivity index (χ4n) is 1.39. The van der Waals surface area contributed by atoms with Gasteiger partial charge in [0, 0.05) is 5.56 Å². The van der Waals surface area contributed by atoms with E-state index in [1.165, 1.54) is 0 Å². The Morgan fingerprint density at radius 3 is 2.61 bits per heavy atom. The molecule has 0 aliphatic heterocycles. The molecule has 0 radical (unpaired) electrons. The van der Waals surface area contributed by atoms with Gasteiger partial charge < -0.3 is 0 Å². The van der Waals surface area contributed by atoms with E-state index in [4.69, 9.17) is 28.5 Å². The van der Waals surface area contributed by atoms with Crippen molar-refractivity contribution in [2.24, 2.45) is 0 Å². The lowest BCUT2D eigenvalue weighted by atomic mass is 10.2. The number of hydrogen-bond donors (Lipinski definition) is 0. The molecule has 0 atom stereocenters. The van der Waals surface area contributed by atoms with Gasteiger partial charge >= 0.3 is 6.18 Å². The van der Waals surface area contributed by atoms with Crippen molar-refractivity contribution in [3.8, 4) is 6.07 Å². The van der Waals surface area contributed by atoms with Crippen LogP contribution in [0.1, 0.15) is 11.1 Å². The Morgan fingerprint density at radius 1 is 1.39 bits per heavy atom. The van der Waals surface area contributed by atoms with Crippen molar-refractivity contribution >= 4 is 28.8 Å². The monoisotopic (exact) mass is 294 g/mol. The largest absolute Gasteiger partial charge is 0.393 e. The molecule has 94 valence electrons. The summed E-state index contributed by atoms with van der Waals surface area (Å²) >= 11 is 11.4. The molecule has 0 aromatic carbocycles. The van der Waals surface area contributed by atoms with E-state index in [9.17, 15) is 13.2 Å². The summed E-state index contributed by atoms with van der Waals surface area (Å²) in [5, 5.41) is 11.8. The Balaban J connectivity index is 2.67. The van der Waals surface area contributed by atoms with Crippen molar-refractivity contribution < 1.29 is 13.2 Å². The van der Waals surface area contributed by atoms with Gasteiger partial charge in [-0.25, -0.2) is 9.50 Å². The molecule has 4 nitrogen and oxygen atoms in total. The standard InChI is InChI=1S/C9H3Cl2F3N4/c10-6-5(1-9(12,13)14)7(11)18-8(17-6)4(2-15)3-16-18/h3H,1H2. The smallest absolute Gasteiger partial charge is 0.215 e. The van der Waals surface area contributed by atoms with Crippen LogP contribution in [0.3, 0.4) is 0 Å². The van der Waals surface area contributed by atoms with Crippen molar-refractivity contribution in [3.63, 3.8) is 0 Å². The van der Waals surface area contributed by atoms with E-state index in [0.29, 0.717) is 0 Å². The van der Waals surface area contributed by atoms with Crippen LogP contribution in [-0.4, -0.2) is 20.8 Å². The van der Waals surface area contributed by atoms with Crippen LogP contribution in [0.15, 0.2) is 6.20 Å². The third kappa shape index (κ3) is 2.21. The third-order valence-corrected chi connectivity index (χ3v) is 2.83. The van der Waals surface area contributed by atoms with Crippen molar-refractivity contribution in [3.05, 3.63) is 27.6 Å². The molecule has 0 bridgehead atoms. The van der Waals surface area contributed by atoms with Gasteiger partial charge in [-0.15, -0.1) is 0 Å². The SMILES string of the molecule is N#Cc1cnn2c(Cl)c(CC(F)(F)F)c(Cl)nc12. The highest BCUT2D eigenvalue weighted by molar-refractivity contribution is 6.34. The van der Waals surface area contributed by atoms with Crippen molar-refractivity contribution in [2.75, 3.05) is 0 Å².